The second-order valence-electron chi connectivity index (χ2n) is 8.73. The molecule has 0 amide bonds. The van der Waals surface area contributed by atoms with Crippen LogP contribution < -0.4 is 10.1 Å². The maximum atomic E-state index is 13.9. The van der Waals surface area contributed by atoms with Crippen LogP contribution in [0.2, 0.25) is 0 Å². The van der Waals surface area contributed by atoms with Crippen LogP contribution in [0.25, 0.3) is 16.8 Å². The third-order valence-electron chi connectivity index (χ3n) is 6.54. The number of aromatic amines is 1. The Morgan fingerprint density at radius 1 is 1.09 bits per heavy atom. The highest BCUT2D eigenvalue weighted by Crippen LogP contribution is 2.47. The number of aryl methyl sites for hydroxylation is 1. The van der Waals surface area contributed by atoms with E-state index in [1.165, 1.54) is 0 Å². The van der Waals surface area contributed by atoms with E-state index >= 15 is 0 Å². The standard InChI is InChI=1S/C28H27N3O4/c1-5-35-28(33)22-16(3)30-27-25(26(32)20(31-27)14-18-12-10-15(2)29-18)24(22)23-19-9-7-6-8-17(19)11-13-21(23)34-4/h6-14,24-25,29H,5H2,1-4H3,(H,30,31)/b20-14-. The molecule has 2 aliphatic heterocycles. The number of benzene rings is 2. The molecule has 2 atom stereocenters. The predicted octanol–water partition coefficient (Wildman–Crippen LogP) is 4.65. The van der Waals surface area contributed by atoms with Gasteiger partial charge in [-0.25, -0.2) is 9.79 Å². The van der Waals surface area contributed by atoms with Crippen LogP contribution in [0.5, 0.6) is 5.75 Å². The fourth-order valence-corrected chi connectivity index (χ4v) is 5.05. The van der Waals surface area contributed by atoms with Crippen LogP contribution in [-0.2, 0) is 14.3 Å². The molecule has 2 N–H and O–H groups in total. The average Bonchev–Trinajstić information content (AvgIpc) is 3.39. The van der Waals surface area contributed by atoms with Gasteiger partial charge in [0.2, 0.25) is 0 Å². The number of rotatable bonds is 5. The van der Waals surface area contributed by atoms with Crippen molar-refractivity contribution in [3.05, 3.63) is 82.4 Å². The van der Waals surface area contributed by atoms with Gasteiger partial charge in [-0.3, -0.25) is 4.79 Å². The lowest BCUT2D eigenvalue weighted by molar-refractivity contribution is -0.139. The number of hydrogen-bond donors (Lipinski definition) is 2. The monoisotopic (exact) mass is 469 g/mol. The van der Waals surface area contributed by atoms with E-state index in [0.29, 0.717) is 28.6 Å². The second kappa shape index (κ2) is 8.91. The molecule has 3 heterocycles. The Balaban J connectivity index is 1.73. The molecule has 5 rings (SSSR count). The number of aliphatic imine (C=N–C) groups is 1. The lowest BCUT2D eigenvalue weighted by Gasteiger charge is -2.33. The van der Waals surface area contributed by atoms with Crippen molar-refractivity contribution < 1.29 is 19.1 Å². The molecule has 3 aromatic rings. The molecule has 178 valence electrons. The highest BCUT2D eigenvalue weighted by atomic mass is 16.5. The molecule has 1 aromatic heterocycles. The zero-order valence-electron chi connectivity index (χ0n) is 20.1. The van der Waals surface area contributed by atoms with Gasteiger partial charge < -0.3 is 19.8 Å². The van der Waals surface area contributed by atoms with Crippen molar-refractivity contribution in [1.29, 1.82) is 0 Å². The van der Waals surface area contributed by atoms with E-state index in [2.05, 4.69) is 15.3 Å². The van der Waals surface area contributed by atoms with Crippen LogP contribution in [0.1, 0.15) is 36.7 Å². The maximum absolute atomic E-state index is 13.9. The van der Waals surface area contributed by atoms with E-state index < -0.39 is 17.8 Å². The van der Waals surface area contributed by atoms with Gasteiger partial charge in [-0.2, -0.15) is 0 Å². The number of esters is 1. The summed E-state index contributed by atoms with van der Waals surface area (Å²) in [5.74, 6) is -0.820. The van der Waals surface area contributed by atoms with Gasteiger partial charge in [-0.1, -0.05) is 30.3 Å². The summed E-state index contributed by atoms with van der Waals surface area (Å²) in [7, 11) is 1.60. The number of nitrogens with one attached hydrogen (secondary N) is 2. The number of hydrogen-bond acceptors (Lipinski definition) is 6. The third-order valence-corrected chi connectivity index (χ3v) is 6.54. The highest BCUT2D eigenvalue weighted by molar-refractivity contribution is 6.22. The number of allylic oxidation sites excluding steroid dienone is 2. The average molecular weight is 470 g/mol. The summed E-state index contributed by atoms with van der Waals surface area (Å²) in [4.78, 5) is 35.0. The highest BCUT2D eigenvalue weighted by Gasteiger charge is 2.49. The van der Waals surface area contributed by atoms with Crippen LogP contribution >= 0.6 is 0 Å². The molecule has 0 saturated carbocycles. The Hall–Kier alpha value is -4.13. The predicted molar refractivity (Wildman–Crippen MR) is 135 cm³/mol. The van der Waals surface area contributed by atoms with E-state index in [1.807, 2.05) is 62.4 Å². The van der Waals surface area contributed by atoms with Crippen molar-refractivity contribution in [2.45, 2.75) is 26.7 Å². The number of carbonyl (C=O) groups is 2. The molecule has 2 aliphatic rings. The number of carbonyl (C=O) groups excluding carboxylic acids is 2. The molecule has 0 fully saturated rings. The molecular weight excluding hydrogens is 442 g/mol. The van der Waals surface area contributed by atoms with E-state index in [-0.39, 0.29) is 12.4 Å². The Bertz CT molecular complexity index is 1440. The minimum Gasteiger partial charge on any atom is -0.496 e. The van der Waals surface area contributed by atoms with Gasteiger partial charge in [0.1, 0.15) is 17.3 Å². The van der Waals surface area contributed by atoms with E-state index in [0.717, 1.165) is 27.7 Å². The zero-order chi connectivity index (χ0) is 24.7. The first-order valence-electron chi connectivity index (χ1n) is 11.6. The number of H-pyrrole nitrogens is 1. The largest absolute Gasteiger partial charge is 0.496 e. The molecule has 35 heavy (non-hydrogen) atoms. The van der Waals surface area contributed by atoms with Crippen molar-refractivity contribution >= 4 is 34.4 Å². The normalized spacial score (nSPS) is 20.6. The van der Waals surface area contributed by atoms with Crippen molar-refractivity contribution in [1.82, 2.24) is 10.3 Å². The molecular formula is C28H27N3O4. The fraction of sp³-hybridized carbons (Fsp3) is 0.250. The maximum Gasteiger partial charge on any atom is 0.336 e. The van der Waals surface area contributed by atoms with Crippen molar-refractivity contribution in [3.8, 4) is 5.75 Å². The number of ketones is 1. The van der Waals surface area contributed by atoms with Crippen molar-refractivity contribution in [3.63, 3.8) is 0 Å². The minimum atomic E-state index is -0.708. The summed E-state index contributed by atoms with van der Waals surface area (Å²) in [6, 6.07) is 15.6. The lowest BCUT2D eigenvalue weighted by Crippen LogP contribution is -2.43. The molecule has 0 aliphatic carbocycles. The number of Topliss-reactive ketones (excluding diaryl/α,β-unsaturated/α-hetero) is 1. The number of nitrogens with zero attached hydrogens (tertiary/aromatic N) is 1. The quantitative estimate of drug-likeness (QED) is 0.419. The summed E-state index contributed by atoms with van der Waals surface area (Å²) in [5, 5.41) is 5.13. The van der Waals surface area contributed by atoms with Crippen LogP contribution in [-0.4, -0.2) is 36.3 Å². The van der Waals surface area contributed by atoms with Crippen LogP contribution in [0.15, 0.2) is 70.5 Å². The molecule has 0 bridgehead atoms. The first-order chi connectivity index (χ1) is 16.9. The topological polar surface area (TPSA) is 92.8 Å². The van der Waals surface area contributed by atoms with Crippen molar-refractivity contribution in [2.75, 3.05) is 13.7 Å². The molecule has 7 heteroatoms. The summed E-state index contributed by atoms with van der Waals surface area (Å²) in [6.45, 7) is 5.76. The van der Waals surface area contributed by atoms with Gasteiger partial charge in [0, 0.05) is 28.6 Å². The van der Waals surface area contributed by atoms with E-state index in [1.54, 1.807) is 20.1 Å². The first-order valence-corrected chi connectivity index (χ1v) is 11.6. The Morgan fingerprint density at radius 3 is 2.60 bits per heavy atom. The molecule has 7 nitrogen and oxygen atoms in total. The number of methoxy groups -OCH3 is 1. The van der Waals surface area contributed by atoms with E-state index in [4.69, 9.17) is 9.47 Å². The summed E-state index contributed by atoms with van der Waals surface area (Å²) in [5.41, 5.74) is 3.92. The molecule has 0 saturated heterocycles. The van der Waals surface area contributed by atoms with Gasteiger partial charge in [0.05, 0.1) is 25.2 Å². The molecule has 0 spiro atoms. The van der Waals surface area contributed by atoms with Crippen LogP contribution in [0.3, 0.4) is 0 Å². The number of amidine groups is 1. The zero-order valence-corrected chi connectivity index (χ0v) is 20.1. The summed E-state index contributed by atoms with van der Waals surface area (Å²) >= 11 is 0. The smallest absolute Gasteiger partial charge is 0.336 e. The van der Waals surface area contributed by atoms with Crippen molar-refractivity contribution in [2.24, 2.45) is 10.9 Å². The third kappa shape index (κ3) is 3.83. The van der Waals surface area contributed by atoms with Gasteiger partial charge in [0.25, 0.3) is 0 Å². The molecule has 2 unspecified atom stereocenters. The van der Waals surface area contributed by atoms with Gasteiger partial charge >= 0.3 is 5.97 Å². The summed E-state index contributed by atoms with van der Waals surface area (Å²) < 4.78 is 11.2. The van der Waals surface area contributed by atoms with Gasteiger partial charge in [-0.15, -0.1) is 0 Å². The molecule has 0 radical (unpaired) electrons. The number of aromatic nitrogens is 1. The minimum absolute atomic E-state index is 0.158. The SMILES string of the molecule is CCOC(=O)C1=C(C)NC2=N/C(=C\c3ccc(C)[nH]3)C(=O)C2C1c1c(OC)ccc2ccccc12. The Labute approximate surface area is 203 Å². The van der Waals surface area contributed by atoms with Crippen LogP contribution in [0.4, 0.5) is 0 Å². The Morgan fingerprint density at radius 2 is 1.89 bits per heavy atom. The fourth-order valence-electron chi connectivity index (χ4n) is 5.05. The summed E-state index contributed by atoms with van der Waals surface area (Å²) in [6.07, 6.45) is 1.75. The van der Waals surface area contributed by atoms with Crippen LogP contribution in [0, 0.1) is 12.8 Å². The Kier molecular flexibility index (Phi) is 5.76. The first kappa shape index (κ1) is 22.7. The number of ether oxygens (including phenoxy) is 2. The molecule has 2 aromatic carbocycles. The van der Waals surface area contributed by atoms with Gasteiger partial charge in [-0.05, 0) is 55.8 Å². The van der Waals surface area contributed by atoms with Gasteiger partial charge in [0.15, 0.2) is 5.78 Å². The second-order valence-corrected chi connectivity index (χ2v) is 8.73. The van der Waals surface area contributed by atoms with E-state index in [9.17, 15) is 9.59 Å². The lowest BCUT2D eigenvalue weighted by atomic mass is 9.73. The number of fused-ring (bicyclic) bond motifs is 2.